The molecule has 1 aliphatic heterocycles. The van der Waals surface area contributed by atoms with Gasteiger partial charge < -0.3 is 14.9 Å². The summed E-state index contributed by atoms with van der Waals surface area (Å²) in [5, 5.41) is 17.3. The lowest BCUT2D eigenvalue weighted by molar-refractivity contribution is 0.0856. The molecule has 0 aromatic rings. The van der Waals surface area contributed by atoms with Crippen LogP contribution in [0.15, 0.2) is 0 Å². The van der Waals surface area contributed by atoms with Crippen molar-refractivity contribution in [2.45, 2.75) is 31.5 Å². The van der Waals surface area contributed by atoms with Crippen LogP contribution in [-0.4, -0.2) is 35.6 Å². The predicted octanol–water partition coefficient (Wildman–Crippen LogP) is -0.0913. The molecule has 3 heteroatoms. The zero-order chi connectivity index (χ0) is 7.40. The molecule has 1 saturated heterocycles. The Hall–Kier alpha value is -0.120. The van der Waals surface area contributed by atoms with Gasteiger partial charge in [-0.05, 0) is 19.3 Å². The zero-order valence-corrected chi connectivity index (χ0v) is 5.99. The monoisotopic (exact) mass is 146 g/mol. The van der Waals surface area contributed by atoms with Crippen molar-refractivity contribution < 1.29 is 14.9 Å². The van der Waals surface area contributed by atoms with Crippen molar-refractivity contribution in [3.8, 4) is 0 Å². The van der Waals surface area contributed by atoms with Gasteiger partial charge in [-0.15, -0.1) is 0 Å². The largest absolute Gasteiger partial charge is 0.394 e. The highest BCUT2D eigenvalue weighted by atomic mass is 16.6. The fourth-order valence-electron chi connectivity index (χ4n) is 0.907. The summed E-state index contributed by atoms with van der Waals surface area (Å²) in [7, 11) is 0. The van der Waals surface area contributed by atoms with E-state index in [-0.39, 0.29) is 6.61 Å². The van der Waals surface area contributed by atoms with E-state index in [0.717, 1.165) is 19.4 Å². The van der Waals surface area contributed by atoms with Crippen molar-refractivity contribution in [3.63, 3.8) is 0 Å². The van der Waals surface area contributed by atoms with Gasteiger partial charge in [0.05, 0.1) is 25.4 Å². The van der Waals surface area contributed by atoms with Gasteiger partial charge in [-0.25, -0.2) is 0 Å². The molecular formula is C7H14O3. The van der Waals surface area contributed by atoms with Gasteiger partial charge in [0.15, 0.2) is 0 Å². The highest BCUT2D eigenvalue weighted by molar-refractivity contribution is 4.69. The predicted molar refractivity (Wildman–Crippen MR) is 36.7 cm³/mol. The van der Waals surface area contributed by atoms with E-state index in [1.54, 1.807) is 0 Å². The summed E-state index contributed by atoms with van der Waals surface area (Å²) in [6.07, 6.45) is 2.59. The Balaban J connectivity index is 1.83. The molecule has 10 heavy (non-hydrogen) atoms. The number of rotatable bonds is 5. The van der Waals surface area contributed by atoms with Gasteiger partial charge in [0.25, 0.3) is 0 Å². The third-order valence-corrected chi connectivity index (χ3v) is 1.68. The summed E-state index contributed by atoms with van der Waals surface area (Å²) < 4.78 is 4.98. The van der Waals surface area contributed by atoms with Crippen LogP contribution in [0.25, 0.3) is 0 Å². The van der Waals surface area contributed by atoms with Crippen molar-refractivity contribution in [2.24, 2.45) is 0 Å². The highest BCUT2D eigenvalue weighted by Gasteiger charge is 2.21. The lowest BCUT2D eigenvalue weighted by Gasteiger charge is -2.04. The van der Waals surface area contributed by atoms with Crippen LogP contribution in [0.1, 0.15) is 19.3 Å². The first-order chi connectivity index (χ1) is 4.83. The van der Waals surface area contributed by atoms with Crippen molar-refractivity contribution >= 4 is 0 Å². The molecule has 0 unspecified atom stereocenters. The molecule has 60 valence electrons. The molecule has 1 aliphatic rings. The van der Waals surface area contributed by atoms with Crippen LogP contribution >= 0.6 is 0 Å². The molecule has 0 amide bonds. The molecule has 0 radical (unpaired) electrons. The topological polar surface area (TPSA) is 53.0 Å². The number of hydrogen-bond donors (Lipinski definition) is 2. The summed E-state index contributed by atoms with van der Waals surface area (Å²) in [6, 6.07) is 0. The van der Waals surface area contributed by atoms with Gasteiger partial charge >= 0.3 is 0 Å². The maximum absolute atomic E-state index is 8.90. The Morgan fingerprint density at radius 3 is 2.80 bits per heavy atom. The Labute approximate surface area is 60.6 Å². The molecule has 0 bridgehead atoms. The fourth-order valence-corrected chi connectivity index (χ4v) is 0.907. The van der Waals surface area contributed by atoms with Crippen LogP contribution in [0.4, 0.5) is 0 Å². The average molecular weight is 146 g/mol. The van der Waals surface area contributed by atoms with E-state index in [9.17, 15) is 0 Å². The molecule has 0 aromatic heterocycles. The zero-order valence-electron chi connectivity index (χ0n) is 5.99. The van der Waals surface area contributed by atoms with Crippen molar-refractivity contribution in [1.29, 1.82) is 0 Å². The molecule has 1 fully saturated rings. The lowest BCUT2D eigenvalue weighted by Crippen LogP contribution is -2.11. The maximum Gasteiger partial charge on any atom is 0.0810 e. The first-order valence-electron chi connectivity index (χ1n) is 3.73. The lowest BCUT2D eigenvalue weighted by atomic mass is 10.1. The smallest absolute Gasteiger partial charge is 0.0810 e. The molecule has 3 nitrogen and oxygen atoms in total. The Bertz CT molecular complexity index is 90.9. The summed E-state index contributed by atoms with van der Waals surface area (Å²) in [5.74, 6) is 0. The van der Waals surface area contributed by atoms with E-state index < -0.39 is 6.10 Å². The van der Waals surface area contributed by atoms with Gasteiger partial charge in [-0.3, -0.25) is 0 Å². The molecule has 0 saturated carbocycles. The van der Waals surface area contributed by atoms with Crippen LogP contribution < -0.4 is 0 Å². The molecule has 2 N–H and O–H groups in total. The maximum atomic E-state index is 8.90. The van der Waals surface area contributed by atoms with E-state index in [1.165, 1.54) is 0 Å². The number of ether oxygens (including phenoxy) is 1. The van der Waals surface area contributed by atoms with E-state index >= 15 is 0 Å². The summed E-state index contributed by atoms with van der Waals surface area (Å²) in [6.45, 7) is 0.765. The van der Waals surface area contributed by atoms with Crippen LogP contribution in [0.3, 0.4) is 0 Å². The van der Waals surface area contributed by atoms with Gasteiger partial charge in [0, 0.05) is 0 Å². The molecule has 0 spiro atoms. The van der Waals surface area contributed by atoms with Crippen LogP contribution in [0.2, 0.25) is 0 Å². The molecule has 2 atom stereocenters. The van der Waals surface area contributed by atoms with E-state index in [1.807, 2.05) is 0 Å². The number of hydrogen-bond acceptors (Lipinski definition) is 3. The summed E-state index contributed by atoms with van der Waals surface area (Å²) in [5.41, 5.74) is 0. The number of aliphatic hydroxyl groups is 2. The van der Waals surface area contributed by atoms with Gasteiger partial charge in [0.2, 0.25) is 0 Å². The second kappa shape index (κ2) is 3.91. The quantitative estimate of drug-likeness (QED) is 0.533. The van der Waals surface area contributed by atoms with Crippen molar-refractivity contribution in [2.75, 3.05) is 13.2 Å². The van der Waals surface area contributed by atoms with E-state index in [2.05, 4.69) is 0 Å². The van der Waals surface area contributed by atoms with E-state index in [0.29, 0.717) is 12.5 Å². The Morgan fingerprint density at radius 1 is 1.60 bits per heavy atom. The normalized spacial score (nSPS) is 26.4. The van der Waals surface area contributed by atoms with Gasteiger partial charge in [-0.1, -0.05) is 0 Å². The summed E-state index contributed by atoms with van der Waals surface area (Å²) in [4.78, 5) is 0. The molecule has 1 rings (SSSR count). The van der Waals surface area contributed by atoms with Crippen molar-refractivity contribution in [3.05, 3.63) is 0 Å². The van der Waals surface area contributed by atoms with Crippen LogP contribution in [0.5, 0.6) is 0 Å². The second-order valence-electron chi connectivity index (χ2n) is 2.72. The Morgan fingerprint density at radius 2 is 2.30 bits per heavy atom. The number of epoxide rings is 1. The summed E-state index contributed by atoms with van der Waals surface area (Å²) >= 11 is 0. The first-order valence-corrected chi connectivity index (χ1v) is 3.73. The minimum Gasteiger partial charge on any atom is -0.394 e. The van der Waals surface area contributed by atoms with E-state index in [4.69, 9.17) is 14.9 Å². The fraction of sp³-hybridized carbons (Fsp3) is 1.00. The minimum atomic E-state index is -0.529. The number of aliphatic hydroxyl groups excluding tert-OH is 2. The molecule has 1 heterocycles. The van der Waals surface area contributed by atoms with Gasteiger partial charge in [-0.2, -0.15) is 0 Å². The van der Waals surface area contributed by atoms with Crippen LogP contribution in [0, 0.1) is 0 Å². The Kier molecular flexibility index (Phi) is 3.12. The third-order valence-electron chi connectivity index (χ3n) is 1.68. The molecular weight excluding hydrogens is 132 g/mol. The van der Waals surface area contributed by atoms with Gasteiger partial charge in [0.1, 0.15) is 0 Å². The highest BCUT2D eigenvalue weighted by Crippen LogP contribution is 2.16. The van der Waals surface area contributed by atoms with Crippen molar-refractivity contribution in [1.82, 2.24) is 0 Å². The standard InChI is InChI=1S/C7H14O3/c8-4-6(9)2-1-3-7-5-10-7/h6-9H,1-5H2/t6-,7+/m0/s1. The molecule has 0 aromatic carbocycles. The van der Waals surface area contributed by atoms with Crippen LogP contribution in [-0.2, 0) is 4.74 Å². The SMILES string of the molecule is OC[C@@H](O)CCC[C@@H]1CO1. The molecule has 0 aliphatic carbocycles. The minimum absolute atomic E-state index is 0.120. The first kappa shape index (κ1) is 7.98. The second-order valence-corrected chi connectivity index (χ2v) is 2.72. The third kappa shape index (κ3) is 3.15. The average Bonchev–Trinajstić information content (AvgIpc) is 2.71.